The minimum Gasteiger partial charge on any atom is -0.492 e. The van der Waals surface area contributed by atoms with Crippen LogP contribution in [0.25, 0.3) is 11.0 Å². The van der Waals surface area contributed by atoms with Crippen molar-refractivity contribution in [1.82, 2.24) is 25.1 Å². The van der Waals surface area contributed by atoms with E-state index in [1.54, 1.807) is 6.33 Å². The molecule has 2 aliphatic heterocycles. The van der Waals surface area contributed by atoms with Crippen LogP contribution in [0.15, 0.2) is 18.5 Å². The number of hydrogen-bond acceptors (Lipinski definition) is 7. The maximum Gasteiger partial charge on any atom is 0.186 e. The van der Waals surface area contributed by atoms with Crippen LogP contribution in [0.1, 0.15) is 24.1 Å². The van der Waals surface area contributed by atoms with E-state index in [1.165, 1.54) is 25.9 Å². The fraction of sp³-hybridized carbons (Fsp3) is 0.522. The fourth-order valence-corrected chi connectivity index (χ4v) is 4.99. The Balaban J connectivity index is 1.27. The van der Waals surface area contributed by atoms with Gasteiger partial charge in [-0.1, -0.05) is 11.6 Å². The van der Waals surface area contributed by atoms with Crippen molar-refractivity contribution in [1.29, 1.82) is 0 Å². The van der Waals surface area contributed by atoms with Crippen molar-refractivity contribution in [2.24, 2.45) is 0 Å². The third-order valence-electron chi connectivity index (χ3n) is 6.59. The van der Waals surface area contributed by atoms with Gasteiger partial charge >= 0.3 is 0 Å². The summed E-state index contributed by atoms with van der Waals surface area (Å²) in [7, 11) is 0. The molecule has 0 bridgehead atoms. The minimum atomic E-state index is 0.697. The van der Waals surface area contributed by atoms with E-state index >= 15 is 0 Å². The number of piperazine rings is 1. The molecule has 2 aliphatic rings. The molecule has 2 fully saturated rings. The Morgan fingerprint density at radius 1 is 1.00 bits per heavy atom. The molecule has 0 amide bonds. The first-order chi connectivity index (χ1) is 15.6. The Bertz CT molecular complexity index is 1090. The molecule has 4 heterocycles. The number of aromatic nitrogens is 4. The van der Waals surface area contributed by atoms with Crippen molar-refractivity contribution in [3.05, 3.63) is 34.7 Å². The monoisotopic (exact) mass is 455 g/mol. The minimum absolute atomic E-state index is 0.697. The molecule has 2 saturated heterocycles. The van der Waals surface area contributed by atoms with Gasteiger partial charge in [-0.15, -0.1) is 0 Å². The Hall–Kier alpha value is -2.58. The maximum absolute atomic E-state index is 6.49. The molecule has 0 saturated carbocycles. The number of ether oxygens (including phenoxy) is 1. The number of halogens is 1. The zero-order chi connectivity index (χ0) is 22.1. The molecule has 0 atom stereocenters. The number of likely N-dealkylation sites (tertiary alicyclic amines) is 1. The van der Waals surface area contributed by atoms with Gasteiger partial charge in [0.2, 0.25) is 0 Å². The maximum atomic E-state index is 6.49. The third-order valence-corrected chi connectivity index (χ3v) is 6.81. The molecule has 0 unspecified atom stereocenters. The highest BCUT2D eigenvalue weighted by atomic mass is 35.5. The van der Waals surface area contributed by atoms with Gasteiger partial charge in [0.1, 0.15) is 24.5 Å². The number of nitrogens with one attached hydrogen (secondary N) is 1. The van der Waals surface area contributed by atoms with E-state index in [0.717, 1.165) is 77.3 Å². The molecule has 3 aromatic rings. The first kappa shape index (κ1) is 21.3. The zero-order valence-electron chi connectivity index (χ0n) is 18.8. The van der Waals surface area contributed by atoms with E-state index in [4.69, 9.17) is 16.3 Å². The van der Waals surface area contributed by atoms with E-state index in [2.05, 4.69) is 47.9 Å². The van der Waals surface area contributed by atoms with Crippen molar-refractivity contribution in [2.75, 3.05) is 62.2 Å². The lowest BCUT2D eigenvalue weighted by Gasteiger charge is -2.37. The average molecular weight is 456 g/mol. The summed E-state index contributed by atoms with van der Waals surface area (Å²) < 4.78 is 6.16. The number of rotatable bonds is 6. The Morgan fingerprint density at radius 3 is 2.53 bits per heavy atom. The lowest BCUT2D eigenvalue weighted by atomic mass is 10.1. The van der Waals surface area contributed by atoms with E-state index in [9.17, 15) is 0 Å². The summed E-state index contributed by atoms with van der Waals surface area (Å²) in [6.07, 6.45) is 4.19. The predicted molar refractivity (Wildman–Crippen MR) is 128 cm³/mol. The summed E-state index contributed by atoms with van der Waals surface area (Å²) in [5.74, 6) is 1.84. The van der Waals surface area contributed by atoms with Crippen LogP contribution >= 0.6 is 11.6 Å². The number of fused-ring (bicyclic) bond motifs is 1. The summed E-state index contributed by atoms with van der Waals surface area (Å²) in [5.41, 5.74) is 4.02. The van der Waals surface area contributed by atoms with Crippen LogP contribution in [-0.2, 0) is 0 Å². The average Bonchev–Trinajstić information content (AvgIpc) is 3.46. The van der Waals surface area contributed by atoms with Crippen LogP contribution in [0.4, 0.5) is 11.5 Å². The summed E-state index contributed by atoms with van der Waals surface area (Å²) >= 11 is 6.49. The number of benzene rings is 1. The summed E-state index contributed by atoms with van der Waals surface area (Å²) in [6.45, 7) is 11.7. The number of hydrogen-bond donors (Lipinski definition) is 1. The summed E-state index contributed by atoms with van der Waals surface area (Å²) in [5, 5.41) is 9.02. The topological polar surface area (TPSA) is 73.4 Å². The van der Waals surface area contributed by atoms with Gasteiger partial charge in [-0.2, -0.15) is 5.10 Å². The molecule has 5 rings (SSSR count). The number of nitrogens with zero attached hydrogens (tertiary/aromatic N) is 6. The van der Waals surface area contributed by atoms with Crippen LogP contribution in [0, 0.1) is 13.8 Å². The molecule has 1 aromatic carbocycles. The van der Waals surface area contributed by atoms with Gasteiger partial charge in [0.15, 0.2) is 5.65 Å². The van der Waals surface area contributed by atoms with E-state index < -0.39 is 0 Å². The van der Waals surface area contributed by atoms with E-state index in [-0.39, 0.29) is 0 Å². The summed E-state index contributed by atoms with van der Waals surface area (Å²) in [6, 6.07) is 4.00. The SMILES string of the molecule is Cc1c(OCCN2CCCC2)cc(Cl)cc1N1CCN(c2ncnc3n[nH]c(C)c23)CC1. The molecule has 2 aromatic heterocycles. The van der Waals surface area contributed by atoms with Crippen molar-refractivity contribution in [3.8, 4) is 5.75 Å². The Morgan fingerprint density at radius 2 is 1.75 bits per heavy atom. The summed E-state index contributed by atoms with van der Waals surface area (Å²) in [4.78, 5) is 16.0. The van der Waals surface area contributed by atoms with Gasteiger partial charge in [0, 0.05) is 54.7 Å². The number of aryl methyl sites for hydroxylation is 1. The van der Waals surface area contributed by atoms with Gasteiger partial charge in [-0.05, 0) is 51.9 Å². The van der Waals surface area contributed by atoms with Gasteiger partial charge in [0.05, 0.1) is 5.39 Å². The molecule has 170 valence electrons. The highest BCUT2D eigenvalue weighted by Gasteiger charge is 2.24. The molecule has 32 heavy (non-hydrogen) atoms. The zero-order valence-corrected chi connectivity index (χ0v) is 19.5. The van der Waals surface area contributed by atoms with Crippen LogP contribution in [-0.4, -0.2) is 77.5 Å². The van der Waals surface area contributed by atoms with Crippen LogP contribution in [0.2, 0.25) is 5.02 Å². The van der Waals surface area contributed by atoms with Crippen molar-refractivity contribution >= 4 is 34.1 Å². The van der Waals surface area contributed by atoms with E-state index in [1.807, 2.05) is 13.0 Å². The quantitative estimate of drug-likeness (QED) is 0.610. The molecule has 0 aliphatic carbocycles. The van der Waals surface area contributed by atoms with E-state index in [0.29, 0.717) is 6.61 Å². The fourth-order valence-electron chi connectivity index (χ4n) is 4.79. The number of aromatic amines is 1. The van der Waals surface area contributed by atoms with Gasteiger partial charge < -0.3 is 14.5 Å². The highest BCUT2D eigenvalue weighted by Crippen LogP contribution is 2.34. The largest absolute Gasteiger partial charge is 0.492 e. The van der Waals surface area contributed by atoms with Gasteiger partial charge in [-0.3, -0.25) is 10.00 Å². The highest BCUT2D eigenvalue weighted by molar-refractivity contribution is 6.31. The number of H-pyrrole nitrogens is 1. The van der Waals surface area contributed by atoms with Gasteiger partial charge in [-0.25, -0.2) is 9.97 Å². The Labute approximate surface area is 193 Å². The molecular formula is C23H30ClN7O. The first-order valence-electron chi connectivity index (χ1n) is 11.4. The first-order valence-corrected chi connectivity index (χ1v) is 11.8. The second-order valence-corrected chi connectivity index (χ2v) is 9.10. The molecular weight excluding hydrogens is 426 g/mol. The van der Waals surface area contributed by atoms with Crippen molar-refractivity contribution < 1.29 is 4.74 Å². The van der Waals surface area contributed by atoms with Crippen LogP contribution < -0.4 is 14.5 Å². The molecule has 8 nitrogen and oxygen atoms in total. The van der Waals surface area contributed by atoms with Crippen molar-refractivity contribution in [3.63, 3.8) is 0 Å². The predicted octanol–water partition coefficient (Wildman–Crippen LogP) is 3.42. The number of anilines is 2. The van der Waals surface area contributed by atoms with Crippen LogP contribution in [0.3, 0.4) is 0 Å². The van der Waals surface area contributed by atoms with Gasteiger partial charge in [0.25, 0.3) is 0 Å². The lowest BCUT2D eigenvalue weighted by Crippen LogP contribution is -2.47. The standard InChI is InChI=1S/C23H30ClN7O/c1-16-19(13-18(24)14-20(16)32-12-11-29-5-3-4-6-29)30-7-9-31(10-8-30)23-21-17(2)27-28-22(21)25-15-26-23/h13-15H,3-12H2,1-2H3,(H,25,26,27,28). The molecule has 0 spiro atoms. The Kier molecular flexibility index (Phi) is 6.06. The van der Waals surface area contributed by atoms with Crippen LogP contribution in [0.5, 0.6) is 5.75 Å². The smallest absolute Gasteiger partial charge is 0.186 e. The second kappa shape index (κ2) is 9.11. The molecule has 9 heteroatoms. The molecule has 1 N–H and O–H groups in total. The normalized spacial score (nSPS) is 17.5. The molecule has 0 radical (unpaired) electrons. The second-order valence-electron chi connectivity index (χ2n) is 8.66. The van der Waals surface area contributed by atoms with Crippen molar-refractivity contribution in [2.45, 2.75) is 26.7 Å². The third kappa shape index (κ3) is 4.21. The lowest BCUT2D eigenvalue weighted by molar-refractivity contribution is 0.237.